The molecular formula is C9H7FNO4. The average molecular weight is 212 g/mol. The van der Waals surface area contributed by atoms with Crippen LogP contribution in [0.1, 0.15) is 5.56 Å². The molecule has 1 aromatic carbocycles. The molecule has 0 aliphatic rings. The second kappa shape index (κ2) is 5.04. The van der Waals surface area contributed by atoms with E-state index in [0.717, 1.165) is 12.5 Å². The Morgan fingerprint density at radius 1 is 1.53 bits per heavy atom. The molecule has 15 heavy (non-hydrogen) atoms. The van der Waals surface area contributed by atoms with E-state index in [1.165, 1.54) is 12.1 Å². The number of nitrogens with zero attached hydrogens (tertiary/aromatic N) is 1. The maximum absolute atomic E-state index is 13.2. The van der Waals surface area contributed by atoms with Gasteiger partial charge in [0.25, 0.3) is 5.69 Å². The maximum Gasteiger partial charge on any atom is 0.417 e. The number of ether oxygens (including phenoxy) is 1. The second-order valence-electron chi connectivity index (χ2n) is 2.68. The normalized spacial score (nSPS) is 9.67. The number of hydrogen-bond acceptors (Lipinski definition) is 4. The van der Waals surface area contributed by atoms with Gasteiger partial charge in [0.05, 0.1) is 17.1 Å². The highest BCUT2D eigenvalue weighted by molar-refractivity contribution is 5.42. The molecule has 0 bridgehead atoms. The van der Waals surface area contributed by atoms with Crippen molar-refractivity contribution in [1.82, 2.24) is 0 Å². The Hall–Kier alpha value is -1.98. The van der Waals surface area contributed by atoms with Gasteiger partial charge in [0, 0.05) is 12.5 Å². The highest BCUT2D eigenvalue weighted by Gasteiger charge is 2.17. The van der Waals surface area contributed by atoms with Crippen LogP contribution in [-0.4, -0.2) is 18.0 Å². The molecular weight excluding hydrogens is 205 g/mol. The molecule has 0 heterocycles. The zero-order valence-electron chi connectivity index (χ0n) is 7.60. The summed E-state index contributed by atoms with van der Waals surface area (Å²) in [5.41, 5.74) is -0.387. The van der Waals surface area contributed by atoms with Gasteiger partial charge in [0.2, 0.25) is 0 Å². The average Bonchev–Trinajstić information content (AvgIpc) is 2.20. The van der Waals surface area contributed by atoms with Crippen LogP contribution in [0.4, 0.5) is 10.1 Å². The fraction of sp³-hybridized carbons (Fsp3) is 0.222. The number of rotatable bonds is 5. The van der Waals surface area contributed by atoms with Gasteiger partial charge in [0.1, 0.15) is 5.82 Å². The summed E-state index contributed by atoms with van der Waals surface area (Å²) in [6.45, 7) is 1.03. The Kier molecular flexibility index (Phi) is 3.73. The molecule has 6 heteroatoms. The number of carbonyl (C=O) groups excluding carboxylic acids is 1. The van der Waals surface area contributed by atoms with Crippen molar-refractivity contribution in [3.8, 4) is 0 Å². The minimum absolute atomic E-state index is 0.0434. The molecule has 0 aliphatic heterocycles. The van der Waals surface area contributed by atoms with Crippen LogP contribution in [0, 0.1) is 15.9 Å². The van der Waals surface area contributed by atoms with Gasteiger partial charge in [0.15, 0.2) is 0 Å². The van der Waals surface area contributed by atoms with Crippen molar-refractivity contribution in [2.24, 2.45) is 0 Å². The van der Waals surface area contributed by atoms with Gasteiger partial charge in [-0.25, -0.2) is 9.18 Å². The lowest BCUT2D eigenvalue weighted by Crippen LogP contribution is -2.03. The van der Waals surface area contributed by atoms with Crippen molar-refractivity contribution in [3.63, 3.8) is 0 Å². The Labute approximate surface area is 84.6 Å². The van der Waals surface area contributed by atoms with Crippen LogP contribution in [0.3, 0.4) is 0 Å². The van der Waals surface area contributed by atoms with Crippen molar-refractivity contribution in [1.29, 1.82) is 0 Å². The SMILES string of the molecule is O=[C]OCCc1c(F)cccc1[N+](=O)[O-]. The van der Waals surface area contributed by atoms with Crippen LogP contribution in [0.2, 0.25) is 0 Å². The van der Waals surface area contributed by atoms with E-state index >= 15 is 0 Å². The largest absolute Gasteiger partial charge is 0.457 e. The number of nitro benzene ring substituents is 1. The summed E-state index contributed by atoms with van der Waals surface area (Å²) in [7, 11) is 0. The Morgan fingerprint density at radius 2 is 2.27 bits per heavy atom. The third-order valence-corrected chi connectivity index (χ3v) is 1.80. The zero-order valence-corrected chi connectivity index (χ0v) is 7.60. The van der Waals surface area contributed by atoms with Crippen LogP contribution in [0.25, 0.3) is 0 Å². The third kappa shape index (κ3) is 2.73. The first-order chi connectivity index (χ1) is 7.16. The summed E-state index contributed by atoms with van der Waals surface area (Å²) >= 11 is 0. The van der Waals surface area contributed by atoms with Gasteiger partial charge in [-0.1, -0.05) is 6.07 Å². The van der Waals surface area contributed by atoms with Gasteiger partial charge >= 0.3 is 6.47 Å². The van der Waals surface area contributed by atoms with Gasteiger partial charge in [-0.2, -0.15) is 0 Å². The highest BCUT2D eigenvalue weighted by atomic mass is 19.1. The summed E-state index contributed by atoms with van der Waals surface area (Å²) in [5, 5.41) is 10.5. The summed E-state index contributed by atoms with van der Waals surface area (Å²) in [6.07, 6.45) is -0.0434. The number of benzene rings is 1. The van der Waals surface area contributed by atoms with Gasteiger partial charge in [-0.05, 0) is 6.07 Å². The molecule has 5 nitrogen and oxygen atoms in total. The van der Waals surface area contributed by atoms with E-state index in [4.69, 9.17) is 0 Å². The molecule has 0 aliphatic carbocycles. The standard InChI is InChI=1S/C9H7FNO4/c10-8-2-1-3-9(11(13)14)7(8)4-5-15-6-12/h1-3H,4-5H2. The summed E-state index contributed by atoms with van der Waals surface area (Å²) in [5.74, 6) is -0.682. The molecule has 0 N–H and O–H groups in total. The minimum Gasteiger partial charge on any atom is -0.457 e. The molecule has 0 amide bonds. The minimum atomic E-state index is -0.682. The predicted octanol–water partition coefficient (Wildman–Crippen LogP) is 1.36. The van der Waals surface area contributed by atoms with Crippen LogP contribution in [-0.2, 0) is 16.0 Å². The molecule has 0 unspecified atom stereocenters. The van der Waals surface area contributed by atoms with E-state index in [-0.39, 0.29) is 24.3 Å². The van der Waals surface area contributed by atoms with Crippen LogP contribution >= 0.6 is 0 Å². The van der Waals surface area contributed by atoms with Crippen molar-refractivity contribution >= 4 is 12.2 Å². The van der Waals surface area contributed by atoms with E-state index in [0.29, 0.717) is 0 Å². The monoisotopic (exact) mass is 212 g/mol. The molecule has 0 saturated carbocycles. The van der Waals surface area contributed by atoms with E-state index in [1.807, 2.05) is 0 Å². The summed E-state index contributed by atoms with van der Waals surface area (Å²) in [4.78, 5) is 19.6. The Bertz CT molecular complexity index is 380. The van der Waals surface area contributed by atoms with Crippen LogP contribution < -0.4 is 0 Å². The number of halogens is 1. The van der Waals surface area contributed by atoms with E-state index in [2.05, 4.69) is 4.74 Å². The second-order valence-corrected chi connectivity index (χ2v) is 2.68. The summed E-state index contributed by atoms with van der Waals surface area (Å²) in [6, 6.07) is 3.57. The molecule has 1 rings (SSSR count). The first kappa shape index (κ1) is 11.1. The van der Waals surface area contributed by atoms with Crippen molar-refractivity contribution in [3.05, 3.63) is 39.7 Å². The lowest BCUT2D eigenvalue weighted by Gasteiger charge is -2.02. The number of nitro groups is 1. The van der Waals surface area contributed by atoms with E-state index in [1.54, 1.807) is 0 Å². The highest BCUT2D eigenvalue weighted by Crippen LogP contribution is 2.21. The van der Waals surface area contributed by atoms with E-state index < -0.39 is 10.7 Å². The quantitative estimate of drug-likeness (QED) is 0.419. The molecule has 0 saturated heterocycles. The maximum atomic E-state index is 13.2. The molecule has 0 atom stereocenters. The van der Waals surface area contributed by atoms with Crippen molar-refractivity contribution in [2.45, 2.75) is 6.42 Å². The molecule has 79 valence electrons. The van der Waals surface area contributed by atoms with Gasteiger partial charge in [-0.3, -0.25) is 10.1 Å². The van der Waals surface area contributed by atoms with Crippen molar-refractivity contribution < 1.29 is 18.8 Å². The van der Waals surface area contributed by atoms with Crippen LogP contribution in [0.5, 0.6) is 0 Å². The Morgan fingerprint density at radius 3 is 2.87 bits per heavy atom. The molecule has 1 aromatic rings. The van der Waals surface area contributed by atoms with E-state index in [9.17, 15) is 19.3 Å². The first-order valence-corrected chi connectivity index (χ1v) is 4.07. The molecule has 1 radical (unpaired) electrons. The topological polar surface area (TPSA) is 69.4 Å². The summed E-state index contributed by atoms with van der Waals surface area (Å²) < 4.78 is 17.4. The zero-order chi connectivity index (χ0) is 11.3. The lowest BCUT2D eigenvalue weighted by molar-refractivity contribution is -0.385. The molecule has 0 aromatic heterocycles. The van der Waals surface area contributed by atoms with Crippen LogP contribution in [0.15, 0.2) is 18.2 Å². The first-order valence-electron chi connectivity index (χ1n) is 4.07. The van der Waals surface area contributed by atoms with Crippen molar-refractivity contribution in [2.75, 3.05) is 6.61 Å². The lowest BCUT2D eigenvalue weighted by atomic mass is 10.1. The smallest absolute Gasteiger partial charge is 0.417 e. The predicted molar refractivity (Wildman–Crippen MR) is 48.4 cm³/mol. The fourth-order valence-corrected chi connectivity index (χ4v) is 1.16. The fourth-order valence-electron chi connectivity index (χ4n) is 1.16. The molecule has 0 fully saturated rings. The van der Waals surface area contributed by atoms with Gasteiger partial charge in [-0.15, -0.1) is 0 Å². The molecule has 0 spiro atoms. The third-order valence-electron chi connectivity index (χ3n) is 1.80. The van der Waals surface area contributed by atoms with Gasteiger partial charge < -0.3 is 4.74 Å². The Balaban J connectivity index is 2.92. The number of hydrogen-bond donors (Lipinski definition) is 0.